The topological polar surface area (TPSA) is 83.6 Å². The van der Waals surface area contributed by atoms with Crippen molar-refractivity contribution >= 4 is 11.9 Å². The highest BCUT2D eigenvalue weighted by Crippen LogP contribution is 2.29. The number of nitrogens with two attached hydrogens (primary N) is 1. The molecule has 0 aromatic carbocycles. The molecule has 20 heavy (non-hydrogen) atoms. The van der Waals surface area contributed by atoms with Crippen LogP contribution in [-0.2, 0) is 9.59 Å². The van der Waals surface area contributed by atoms with Crippen molar-refractivity contribution < 1.29 is 14.7 Å². The molecule has 1 heterocycles. The molecule has 5 nitrogen and oxygen atoms in total. The molecule has 1 rings (SSSR count). The standard InChI is InChI=1S/C15H28N2O3/c1-10-7-11(14(19)20)5-6-17(10)13(18)12(9-16)8-15(2,3)4/h10-12H,5-9,16H2,1-4H3,(H,19,20). The van der Waals surface area contributed by atoms with Crippen LogP contribution in [0.3, 0.4) is 0 Å². The van der Waals surface area contributed by atoms with Gasteiger partial charge < -0.3 is 15.7 Å². The molecule has 1 aliphatic rings. The molecule has 0 aromatic heterocycles. The number of nitrogens with zero attached hydrogens (tertiary/aromatic N) is 1. The third kappa shape index (κ3) is 4.47. The quantitative estimate of drug-likeness (QED) is 0.823. The molecule has 0 radical (unpaired) electrons. The lowest BCUT2D eigenvalue weighted by atomic mass is 9.83. The van der Waals surface area contributed by atoms with Crippen LogP contribution in [0, 0.1) is 17.3 Å². The first-order valence-corrected chi connectivity index (χ1v) is 7.39. The molecule has 1 aliphatic heterocycles. The highest BCUT2D eigenvalue weighted by molar-refractivity contribution is 5.80. The van der Waals surface area contributed by atoms with E-state index in [9.17, 15) is 9.59 Å². The van der Waals surface area contributed by atoms with Crippen LogP contribution >= 0.6 is 0 Å². The lowest BCUT2D eigenvalue weighted by molar-refractivity contribution is -0.149. The Morgan fingerprint density at radius 3 is 2.40 bits per heavy atom. The van der Waals surface area contributed by atoms with Gasteiger partial charge >= 0.3 is 5.97 Å². The maximum absolute atomic E-state index is 12.6. The van der Waals surface area contributed by atoms with Gasteiger partial charge in [0.1, 0.15) is 0 Å². The van der Waals surface area contributed by atoms with E-state index in [0.717, 1.165) is 6.42 Å². The fourth-order valence-electron chi connectivity index (χ4n) is 2.97. The molecule has 116 valence electrons. The molecule has 1 fully saturated rings. The van der Waals surface area contributed by atoms with Gasteiger partial charge in [0.15, 0.2) is 0 Å². The van der Waals surface area contributed by atoms with Crippen LogP contribution in [0.4, 0.5) is 0 Å². The Balaban J connectivity index is 2.69. The van der Waals surface area contributed by atoms with E-state index in [1.165, 1.54) is 0 Å². The van der Waals surface area contributed by atoms with Crippen molar-refractivity contribution in [2.45, 2.75) is 53.0 Å². The zero-order valence-electron chi connectivity index (χ0n) is 13.1. The molecule has 0 bridgehead atoms. The van der Waals surface area contributed by atoms with Gasteiger partial charge in [0, 0.05) is 19.1 Å². The number of rotatable bonds is 4. The van der Waals surface area contributed by atoms with Crippen LogP contribution in [0.15, 0.2) is 0 Å². The number of carboxylic acids is 1. The molecule has 0 spiro atoms. The minimum absolute atomic E-state index is 0.0219. The number of hydrogen-bond donors (Lipinski definition) is 2. The van der Waals surface area contributed by atoms with Crippen LogP contribution in [-0.4, -0.2) is 41.0 Å². The number of aliphatic carboxylic acids is 1. The molecule has 0 aromatic rings. The third-order valence-electron chi connectivity index (χ3n) is 4.00. The molecular formula is C15H28N2O3. The lowest BCUT2D eigenvalue weighted by Crippen LogP contribution is -2.50. The van der Waals surface area contributed by atoms with E-state index in [1.807, 2.05) is 11.8 Å². The Labute approximate surface area is 121 Å². The number of carbonyl (C=O) groups is 2. The number of carbonyl (C=O) groups excluding carboxylic acids is 1. The first-order chi connectivity index (χ1) is 9.15. The van der Waals surface area contributed by atoms with Crippen molar-refractivity contribution in [2.75, 3.05) is 13.1 Å². The zero-order chi connectivity index (χ0) is 15.5. The summed E-state index contributed by atoms with van der Waals surface area (Å²) < 4.78 is 0. The van der Waals surface area contributed by atoms with Gasteiger partial charge in [-0.3, -0.25) is 9.59 Å². The summed E-state index contributed by atoms with van der Waals surface area (Å²) in [6, 6.07) is -0.0219. The Kier molecular flexibility index (Phi) is 5.57. The van der Waals surface area contributed by atoms with Crippen molar-refractivity contribution in [3.05, 3.63) is 0 Å². The minimum atomic E-state index is -0.756. The van der Waals surface area contributed by atoms with Crippen LogP contribution in [0.2, 0.25) is 0 Å². The maximum atomic E-state index is 12.6. The average Bonchev–Trinajstić information content (AvgIpc) is 2.33. The second-order valence-electron chi connectivity index (χ2n) is 7.14. The number of piperidine rings is 1. The van der Waals surface area contributed by atoms with E-state index < -0.39 is 5.97 Å². The largest absolute Gasteiger partial charge is 0.481 e. The highest BCUT2D eigenvalue weighted by Gasteiger charge is 2.35. The summed E-state index contributed by atoms with van der Waals surface area (Å²) in [5.74, 6) is -1.17. The van der Waals surface area contributed by atoms with Gasteiger partial charge in [-0.2, -0.15) is 0 Å². The molecule has 0 saturated carbocycles. The fraction of sp³-hybridized carbons (Fsp3) is 0.867. The first-order valence-electron chi connectivity index (χ1n) is 7.39. The number of amides is 1. The molecule has 1 amide bonds. The average molecular weight is 284 g/mol. The van der Waals surface area contributed by atoms with Crippen molar-refractivity contribution in [1.29, 1.82) is 0 Å². The summed E-state index contributed by atoms with van der Waals surface area (Å²) in [6.07, 6.45) is 1.83. The predicted octanol–water partition coefficient (Wildman–Crippen LogP) is 1.71. The van der Waals surface area contributed by atoms with Gasteiger partial charge in [-0.1, -0.05) is 20.8 Å². The van der Waals surface area contributed by atoms with E-state index in [4.69, 9.17) is 10.8 Å². The van der Waals surface area contributed by atoms with Crippen LogP contribution in [0.25, 0.3) is 0 Å². The Bertz CT molecular complexity index is 363. The van der Waals surface area contributed by atoms with Crippen molar-refractivity contribution in [1.82, 2.24) is 4.90 Å². The predicted molar refractivity (Wildman–Crippen MR) is 78.2 cm³/mol. The fourth-order valence-corrected chi connectivity index (χ4v) is 2.97. The molecule has 0 aliphatic carbocycles. The van der Waals surface area contributed by atoms with Crippen molar-refractivity contribution in [2.24, 2.45) is 23.0 Å². The monoisotopic (exact) mass is 284 g/mol. The number of carboxylic acid groups (broad SMARTS) is 1. The van der Waals surface area contributed by atoms with E-state index in [-0.39, 0.29) is 29.2 Å². The summed E-state index contributed by atoms with van der Waals surface area (Å²) in [5.41, 5.74) is 5.82. The van der Waals surface area contributed by atoms with Crippen LogP contribution in [0.1, 0.15) is 47.0 Å². The van der Waals surface area contributed by atoms with Gasteiger partial charge in [-0.15, -0.1) is 0 Å². The van der Waals surface area contributed by atoms with E-state index in [1.54, 1.807) is 0 Å². The molecule has 3 N–H and O–H groups in total. The molecule has 3 unspecified atom stereocenters. The SMILES string of the molecule is CC1CC(C(=O)O)CCN1C(=O)C(CN)CC(C)(C)C. The van der Waals surface area contributed by atoms with Gasteiger partial charge in [0.05, 0.1) is 11.8 Å². The van der Waals surface area contributed by atoms with E-state index in [2.05, 4.69) is 20.8 Å². The summed E-state index contributed by atoms with van der Waals surface area (Å²) in [7, 11) is 0. The Morgan fingerprint density at radius 1 is 1.40 bits per heavy atom. The number of hydrogen-bond acceptors (Lipinski definition) is 3. The number of likely N-dealkylation sites (tertiary alicyclic amines) is 1. The summed E-state index contributed by atoms with van der Waals surface area (Å²) >= 11 is 0. The Hall–Kier alpha value is -1.10. The highest BCUT2D eigenvalue weighted by atomic mass is 16.4. The van der Waals surface area contributed by atoms with Gasteiger partial charge in [0.25, 0.3) is 0 Å². The van der Waals surface area contributed by atoms with Crippen LogP contribution < -0.4 is 5.73 Å². The maximum Gasteiger partial charge on any atom is 0.306 e. The summed E-state index contributed by atoms with van der Waals surface area (Å²) in [6.45, 7) is 9.10. The van der Waals surface area contributed by atoms with Gasteiger partial charge in [0.2, 0.25) is 5.91 Å². The van der Waals surface area contributed by atoms with Crippen molar-refractivity contribution in [3.63, 3.8) is 0 Å². The van der Waals surface area contributed by atoms with Crippen LogP contribution in [0.5, 0.6) is 0 Å². The summed E-state index contributed by atoms with van der Waals surface area (Å²) in [4.78, 5) is 25.4. The molecule has 5 heteroatoms. The lowest BCUT2D eigenvalue weighted by Gasteiger charge is -2.39. The second-order valence-corrected chi connectivity index (χ2v) is 7.14. The van der Waals surface area contributed by atoms with Crippen molar-refractivity contribution in [3.8, 4) is 0 Å². The summed E-state index contributed by atoms with van der Waals surface area (Å²) in [5, 5.41) is 9.07. The second kappa shape index (κ2) is 6.57. The first kappa shape index (κ1) is 17.0. The van der Waals surface area contributed by atoms with Gasteiger partial charge in [-0.05, 0) is 31.6 Å². The molecule has 3 atom stereocenters. The smallest absolute Gasteiger partial charge is 0.306 e. The molecule has 1 saturated heterocycles. The Morgan fingerprint density at radius 2 is 2.00 bits per heavy atom. The third-order valence-corrected chi connectivity index (χ3v) is 4.00. The van der Waals surface area contributed by atoms with Gasteiger partial charge in [-0.25, -0.2) is 0 Å². The van der Waals surface area contributed by atoms with E-state index >= 15 is 0 Å². The minimum Gasteiger partial charge on any atom is -0.481 e. The zero-order valence-corrected chi connectivity index (χ0v) is 13.1. The normalized spacial score (nSPS) is 25.4. The van der Waals surface area contributed by atoms with E-state index in [0.29, 0.717) is 25.9 Å². The molecular weight excluding hydrogens is 256 g/mol.